The molecule has 0 bridgehead atoms. The number of nitrogens with zero attached hydrogens (tertiary/aromatic N) is 4. The molecule has 0 saturated carbocycles. The Labute approximate surface area is 192 Å². The molecule has 7 heteroatoms. The molecule has 0 saturated heterocycles. The Morgan fingerprint density at radius 3 is 2.48 bits per heavy atom. The third kappa shape index (κ3) is 4.39. The van der Waals surface area contributed by atoms with E-state index in [-0.39, 0.29) is 5.92 Å². The van der Waals surface area contributed by atoms with Crippen LogP contribution in [0.1, 0.15) is 50.5 Å². The number of para-hydroxylation sites is 1. The van der Waals surface area contributed by atoms with E-state index in [0.717, 1.165) is 41.8 Å². The predicted octanol–water partition coefficient (Wildman–Crippen LogP) is 7.50. The second-order valence-corrected chi connectivity index (χ2v) is 8.52. The molecule has 1 atom stereocenters. The first-order chi connectivity index (χ1) is 15.0. The third-order valence-corrected chi connectivity index (χ3v) is 5.95. The number of halogens is 2. The molecule has 0 amide bonds. The molecule has 160 valence electrons. The van der Waals surface area contributed by atoms with E-state index in [4.69, 9.17) is 32.7 Å². The Bertz CT molecular complexity index is 1180. The van der Waals surface area contributed by atoms with Crippen molar-refractivity contribution in [3.05, 3.63) is 70.0 Å². The molecule has 2 aromatic heterocycles. The number of unbranched alkanes of at least 4 members (excludes halogenated alkanes) is 1. The minimum Gasteiger partial charge on any atom is -0.419 e. The highest BCUT2D eigenvalue weighted by atomic mass is 35.5. The Morgan fingerprint density at radius 1 is 1.03 bits per heavy atom. The summed E-state index contributed by atoms with van der Waals surface area (Å²) in [5.41, 5.74) is 4.22. The van der Waals surface area contributed by atoms with Crippen molar-refractivity contribution in [2.75, 3.05) is 0 Å². The first kappa shape index (κ1) is 21.6. The van der Waals surface area contributed by atoms with Gasteiger partial charge >= 0.3 is 0 Å². The van der Waals surface area contributed by atoms with E-state index in [1.807, 2.05) is 60.1 Å². The van der Waals surface area contributed by atoms with Gasteiger partial charge in [-0.25, -0.2) is 4.68 Å². The molecule has 2 heterocycles. The van der Waals surface area contributed by atoms with Gasteiger partial charge in [-0.15, -0.1) is 10.2 Å². The minimum atomic E-state index is 0.211. The van der Waals surface area contributed by atoms with Crippen molar-refractivity contribution in [2.24, 2.45) is 0 Å². The Morgan fingerprint density at radius 2 is 1.77 bits per heavy atom. The van der Waals surface area contributed by atoms with Gasteiger partial charge in [0.15, 0.2) is 5.69 Å². The van der Waals surface area contributed by atoms with Gasteiger partial charge in [0.2, 0.25) is 5.89 Å². The molecular formula is C24H24Cl2N4O. The molecule has 0 aliphatic rings. The van der Waals surface area contributed by atoms with Gasteiger partial charge in [-0.05, 0) is 37.6 Å². The van der Waals surface area contributed by atoms with Crippen LogP contribution in [0.25, 0.3) is 28.5 Å². The number of hydrogen-bond donors (Lipinski definition) is 0. The van der Waals surface area contributed by atoms with Crippen LogP contribution in [0.5, 0.6) is 0 Å². The quantitative estimate of drug-likeness (QED) is 0.290. The summed E-state index contributed by atoms with van der Waals surface area (Å²) in [6, 6.07) is 15.3. The summed E-state index contributed by atoms with van der Waals surface area (Å²) in [7, 11) is 0. The summed E-state index contributed by atoms with van der Waals surface area (Å²) in [6.07, 6.45) is 3.28. The normalized spacial score (nSPS) is 12.3. The fourth-order valence-electron chi connectivity index (χ4n) is 3.61. The van der Waals surface area contributed by atoms with Crippen molar-refractivity contribution in [1.82, 2.24) is 20.0 Å². The van der Waals surface area contributed by atoms with Crippen LogP contribution in [-0.4, -0.2) is 20.0 Å². The van der Waals surface area contributed by atoms with Gasteiger partial charge in [0.05, 0.1) is 16.4 Å². The summed E-state index contributed by atoms with van der Waals surface area (Å²) < 4.78 is 7.88. The standard InChI is InChI=1S/C24H24Cl2N4O/c1-4-5-8-15(2)23-27-28-24(31-23)21-16(3)22(17-11-13-18(25)14-12-17)30(29-21)20-10-7-6-9-19(20)26/h6-7,9-15H,4-5,8H2,1-3H3. The van der Waals surface area contributed by atoms with Crippen LogP contribution in [-0.2, 0) is 0 Å². The average molecular weight is 455 g/mol. The number of hydrogen-bond acceptors (Lipinski definition) is 4. The molecule has 5 nitrogen and oxygen atoms in total. The maximum absolute atomic E-state index is 6.51. The monoisotopic (exact) mass is 454 g/mol. The smallest absolute Gasteiger partial charge is 0.268 e. The molecule has 1 unspecified atom stereocenters. The number of aromatic nitrogens is 4. The lowest BCUT2D eigenvalue weighted by atomic mass is 10.0. The van der Waals surface area contributed by atoms with Gasteiger partial charge in [0, 0.05) is 22.1 Å². The molecule has 4 aromatic rings. The molecule has 0 spiro atoms. The van der Waals surface area contributed by atoms with Crippen molar-refractivity contribution < 1.29 is 4.42 Å². The van der Waals surface area contributed by atoms with Gasteiger partial charge < -0.3 is 4.42 Å². The zero-order valence-corrected chi connectivity index (χ0v) is 19.3. The van der Waals surface area contributed by atoms with E-state index in [0.29, 0.717) is 27.5 Å². The molecule has 0 aliphatic heterocycles. The summed E-state index contributed by atoms with van der Waals surface area (Å²) >= 11 is 12.6. The largest absolute Gasteiger partial charge is 0.419 e. The van der Waals surface area contributed by atoms with Crippen molar-refractivity contribution >= 4 is 23.2 Å². The highest BCUT2D eigenvalue weighted by Gasteiger charge is 2.24. The topological polar surface area (TPSA) is 56.7 Å². The third-order valence-electron chi connectivity index (χ3n) is 5.38. The van der Waals surface area contributed by atoms with Crippen molar-refractivity contribution in [3.63, 3.8) is 0 Å². The first-order valence-electron chi connectivity index (χ1n) is 10.4. The van der Waals surface area contributed by atoms with Crippen molar-refractivity contribution in [2.45, 2.75) is 46.0 Å². The SMILES string of the molecule is CCCCC(C)c1nnc(-c2nn(-c3ccccc3Cl)c(-c3ccc(Cl)cc3)c2C)o1. The molecule has 0 N–H and O–H groups in total. The van der Waals surface area contributed by atoms with E-state index >= 15 is 0 Å². The number of rotatable bonds is 7. The molecule has 4 rings (SSSR count). The van der Waals surface area contributed by atoms with Crippen LogP contribution in [0, 0.1) is 6.92 Å². The van der Waals surface area contributed by atoms with Crippen molar-refractivity contribution in [1.29, 1.82) is 0 Å². The van der Waals surface area contributed by atoms with Gasteiger partial charge in [0.1, 0.15) is 0 Å². The highest BCUT2D eigenvalue weighted by molar-refractivity contribution is 6.32. The fraction of sp³-hybridized carbons (Fsp3) is 0.292. The summed E-state index contributed by atoms with van der Waals surface area (Å²) in [5, 5.41) is 14.7. The Hall–Kier alpha value is -2.63. The zero-order chi connectivity index (χ0) is 22.0. The number of benzene rings is 2. The lowest BCUT2D eigenvalue weighted by Gasteiger charge is -2.10. The fourth-order valence-corrected chi connectivity index (χ4v) is 3.95. The Kier molecular flexibility index (Phi) is 6.44. The van der Waals surface area contributed by atoms with E-state index in [1.54, 1.807) is 0 Å². The lowest BCUT2D eigenvalue weighted by Crippen LogP contribution is -2.00. The summed E-state index contributed by atoms with van der Waals surface area (Å²) in [6.45, 7) is 6.29. The van der Waals surface area contributed by atoms with Gasteiger partial charge in [0.25, 0.3) is 5.89 Å². The van der Waals surface area contributed by atoms with Gasteiger partial charge in [-0.3, -0.25) is 0 Å². The van der Waals surface area contributed by atoms with E-state index in [2.05, 4.69) is 24.0 Å². The molecule has 2 aromatic carbocycles. The van der Waals surface area contributed by atoms with E-state index in [1.165, 1.54) is 0 Å². The molecule has 0 fully saturated rings. The van der Waals surface area contributed by atoms with Crippen LogP contribution in [0.4, 0.5) is 0 Å². The Balaban J connectivity index is 1.84. The maximum Gasteiger partial charge on any atom is 0.268 e. The average Bonchev–Trinajstić information content (AvgIpc) is 3.38. The predicted molar refractivity (Wildman–Crippen MR) is 125 cm³/mol. The zero-order valence-electron chi connectivity index (χ0n) is 17.8. The van der Waals surface area contributed by atoms with Crippen LogP contribution in [0.3, 0.4) is 0 Å². The minimum absolute atomic E-state index is 0.211. The molecule has 31 heavy (non-hydrogen) atoms. The van der Waals surface area contributed by atoms with Crippen LogP contribution in [0.2, 0.25) is 10.0 Å². The van der Waals surface area contributed by atoms with Crippen LogP contribution < -0.4 is 0 Å². The molecule has 0 aliphatic carbocycles. The van der Waals surface area contributed by atoms with Crippen LogP contribution >= 0.6 is 23.2 Å². The van der Waals surface area contributed by atoms with Gasteiger partial charge in [-0.1, -0.05) is 74.2 Å². The second kappa shape index (κ2) is 9.25. The summed E-state index contributed by atoms with van der Waals surface area (Å²) in [5.74, 6) is 1.27. The van der Waals surface area contributed by atoms with E-state index < -0.39 is 0 Å². The summed E-state index contributed by atoms with van der Waals surface area (Å²) in [4.78, 5) is 0. The maximum atomic E-state index is 6.51. The highest BCUT2D eigenvalue weighted by Crippen LogP contribution is 2.36. The van der Waals surface area contributed by atoms with Crippen LogP contribution in [0.15, 0.2) is 52.9 Å². The van der Waals surface area contributed by atoms with Crippen molar-refractivity contribution in [3.8, 4) is 28.5 Å². The lowest BCUT2D eigenvalue weighted by molar-refractivity contribution is 0.445. The van der Waals surface area contributed by atoms with E-state index in [9.17, 15) is 0 Å². The molecular weight excluding hydrogens is 431 g/mol. The second-order valence-electron chi connectivity index (χ2n) is 7.68. The first-order valence-corrected chi connectivity index (χ1v) is 11.2. The van der Waals surface area contributed by atoms with Gasteiger partial charge in [-0.2, -0.15) is 5.10 Å². The molecule has 0 radical (unpaired) electrons.